The molecule has 1 unspecified atom stereocenters. The highest BCUT2D eigenvalue weighted by molar-refractivity contribution is 5.79. The molecule has 1 amide bonds. The summed E-state index contributed by atoms with van der Waals surface area (Å²) in [4.78, 5) is 14.7. The van der Waals surface area contributed by atoms with E-state index in [2.05, 4.69) is 12.2 Å². The molecule has 0 aromatic rings. The van der Waals surface area contributed by atoms with Crippen molar-refractivity contribution < 1.29 is 4.79 Å². The van der Waals surface area contributed by atoms with Gasteiger partial charge in [-0.25, -0.2) is 0 Å². The molecule has 0 bridgehead atoms. The molecule has 0 aromatic heterocycles. The summed E-state index contributed by atoms with van der Waals surface area (Å²) in [7, 11) is 0. The van der Waals surface area contributed by atoms with Crippen LogP contribution in [0.1, 0.15) is 51.9 Å². The normalized spacial score (nSPS) is 31.3. The molecule has 116 valence electrons. The van der Waals surface area contributed by atoms with Gasteiger partial charge in [0.25, 0.3) is 0 Å². The van der Waals surface area contributed by atoms with E-state index >= 15 is 0 Å². The molecule has 2 aliphatic rings. The van der Waals surface area contributed by atoms with Gasteiger partial charge in [-0.1, -0.05) is 26.2 Å². The fraction of sp³-hybridized carbons (Fsp3) is 0.938. The summed E-state index contributed by atoms with van der Waals surface area (Å²) in [6.45, 7) is 5.43. The van der Waals surface area contributed by atoms with Crippen molar-refractivity contribution in [3.05, 3.63) is 0 Å². The molecule has 0 radical (unpaired) electrons. The van der Waals surface area contributed by atoms with Crippen molar-refractivity contribution in [1.29, 1.82) is 0 Å². The number of rotatable bonds is 5. The quantitative estimate of drug-likeness (QED) is 0.807. The van der Waals surface area contributed by atoms with Crippen LogP contribution in [-0.2, 0) is 4.79 Å². The minimum absolute atomic E-state index is 0.203. The Morgan fingerprint density at radius 1 is 1.30 bits per heavy atom. The molecule has 1 atom stereocenters. The van der Waals surface area contributed by atoms with E-state index in [1.54, 1.807) is 0 Å². The van der Waals surface area contributed by atoms with Crippen molar-refractivity contribution in [2.45, 2.75) is 57.9 Å². The van der Waals surface area contributed by atoms with Gasteiger partial charge in [-0.15, -0.1) is 0 Å². The maximum absolute atomic E-state index is 12.7. The van der Waals surface area contributed by atoms with Gasteiger partial charge in [0.1, 0.15) is 0 Å². The van der Waals surface area contributed by atoms with Crippen LogP contribution in [0.15, 0.2) is 0 Å². The number of hydrogen-bond acceptors (Lipinski definition) is 3. The SMILES string of the molecule is CCCCC1CCC(C(=O)N2CCNCC2CN)CC1. The second kappa shape index (κ2) is 7.99. The third kappa shape index (κ3) is 3.95. The molecule has 1 heterocycles. The predicted octanol–water partition coefficient (Wildman–Crippen LogP) is 1.74. The third-order valence-electron chi connectivity index (χ3n) is 5.07. The zero-order valence-corrected chi connectivity index (χ0v) is 12.9. The summed E-state index contributed by atoms with van der Waals surface area (Å²) >= 11 is 0. The number of carbonyl (C=O) groups excluding carboxylic acids is 1. The number of nitrogens with one attached hydrogen (secondary N) is 1. The summed E-state index contributed by atoms with van der Waals surface area (Å²) in [5.74, 6) is 1.50. The largest absolute Gasteiger partial charge is 0.336 e. The molecule has 20 heavy (non-hydrogen) atoms. The van der Waals surface area contributed by atoms with Gasteiger partial charge in [-0.2, -0.15) is 0 Å². The zero-order chi connectivity index (χ0) is 14.4. The summed E-state index contributed by atoms with van der Waals surface area (Å²) < 4.78 is 0. The van der Waals surface area contributed by atoms with Crippen LogP contribution >= 0.6 is 0 Å². The van der Waals surface area contributed by atoms with Gasteiger partial charge in [0.05, 0.1) is 6.04 Å². The van der Waals surface area contributed by atoms with E-state index in [-0.39, 0.29) is 12.0 Å². The number of nitrogens with zero attached hydrogens (tertiary/aromatic N) is 1. The number of unbranched alkanes of at least 4 members (excludes halogenated alkanes) is 1. The van der Waals surface area contributed by atoms with E-state index in [1.165, 1.54) is 32.1 Å². The van der Waals surface area contributed by atoms with Crippen molar-refractivity contribution in [3.8, 4) is 0 Å². The molecular weight excluding hydrogens is 250 g/mol. The molecule has 4 heteroatoms. The van der Waals surface area contributed by atoms with Gasteiger partial charge in [-0.05, 0) is 31.6 Å². The predicted molar refractivity (Wildman–Crippen MR) is 82.4 cm³/mol. The molecule has 1 aliphatic carbocycles. The minimum Gasteiger partial charge on any atom is -0.336 e. The summed E-state index contributed by atoms with van der Waals surface area (Å²) in [5.41, 5.74) is 5.80. The molecule has 3 N–H and O–H groups in total. The van der Waals surface area contributed by atoms with Crippen molar-refractivity contribution in [3.63, 3.8) is 0 Å². The second-order valence-corrected chi connectivity index (χ2v) is 6.49. The first kappa shape index (κ1) is 15.8. The molecule has 2 fully saturated rings. The molecular formula is C16H31N3O. The van der Waals surface area contributed by atoms with Gasteiger partial charge in [0, 0.05) is 32.1 Å². The molecule has 0 aromatic carbocycles. The maximum Gasteiger partial charge on any atom is 0.226 e. The lowest BCUT2D eigenvalue weighted by Crippen LogP contribution is -2.57. The Balaban J connectivity index is 1.81. The first-order valence-corrected chi connectivity index (χ1v) is 8.47. The van der Waals surface area contributed by atoms with Crippen LogP contribution in [0, 0.1) is 11.8 Å². The van der Waals surface area contributed by atoms with Crippen LogP contribution in [0.25, 0.3) is 0 Å². The highest BCUT2D eigenvalue weighted by Crippen LogP contribution is 2.33. The second-order valence-electron chi connectivity index (χ2n) is 6.49. The Kier molecular flexibility index (Phi) is 6.30. The molecule has 4 nitrogen and oxygen atoms in total. The summed E-state index contributed by atoms with van der Waals surface area (Å²) in [6, 6.07) is 0.203. The first-order valence-electron chi connectivity index (χ1n) is 8.47. The Morgan fingerprint density at radius 2 is 2.05 bits per heavy atom. The van der Waals surface area contributed by atoms with Gasteiger partial charge >= 0.3 is 0 Å². The average molecular weight is 281 g/mol. The van der Waals surface area contributed by atoms with E-state index < -0.39 is 0 Å². The standard InChI is InChI=1S/C16H31N3O/c1-2-3-4-13-5-7-14(8-6-13)16(20)19-10-9-18-12-15(19)11-17/h13-15,18H,2-12,17H2,1H3. The highest BCUT2D eigenvalue weighted by Gasteiger charge is 2.33. The van der Waals surface area contributed by atoms with E-state index in [0.717, 1.165) is 38.4 Å². The highest BCUT2D eigenvalue weighted by atomic mass is 16.2. The van der Waals surface area contributed by atoms with Crippen molar-refractivity contribution >= 4 is 5.91 Å². The Bertz CT molecular complexity index is 300. The van der Waals surface area contributed by atoms with Crippen molar-refractivity contribution in [2.24, 2.45) is 17.6 Å². The van der Waals surface area contributed by atoms with Crippen LogP contribution in [0.5, 0.6) is 0 Å². The van der Waals surface area contributed by atoms with E-state index in [4.69, 9.17) is 5.73 Å². The topological polar surface area (TPSA) is 58.4 Å². The fourth-order valence-electron chi connectivity index (χ4n) is 3.69. The van der Waals surface area contributed by atoms with Crippen LogP contribution in [-0.4, -0.2) is 43.0 Å². The summed E-state index contributed by atoms with van der Waals surface area (Å²) in [6.07, 6.45) is 8.67. The average Bonchev–Trinajstić information content (AvgIpc) is 2.52. The Hall–Kier alpha value is -0.610. The lowest BCUT2D eigenvalue weighted by Gasteiger charge is -2.39. The van der Waals surface area contributed by atoms with Crippen LogP contribution < -0.4 is 11.1 Å². The molecule has 1 saturated carbocycles. The lowest BCUT2D eigenvalue weighted by molar-refractivity contribution is -0.140. The van der Waals surface area contributed by atoms with E-state index in [1.807, 2.05) is 4.90 Å². The van der Waals surface area contributed by atoms with Gasteiger partial charge < -0.3 is 16.0 Å². The minimum atomic E-state index is 0.203. The molecule has 0 spiro atoms. The van der Waals surface area contributed by atoms with Crippen molar-refractivity contribution in [2.75, 3.05) is 26.2 Å². The Morgan fingerprint density at radius 3 is 2.70 bits per heavy atom. The third-order valence-corrected chi connectivity index (χ3v) is 5.07. The lowest BCUT2D eigenvalue weighted by atomic mass is 9.79. The van der Waals surface area contributed by atoms with Crippen LogP contribution in [0.2, 0.25) is 0 Å². The number of hydrogen-bond donors (Lipinski definition) is 2. The van der Waals surface area contributed by atoms with E-state index in [9.17, 15) is 4.79 Å². The number of piperazine rings is 1. The molecule has 2 rings (SSSR count). The van der Waals surface area contributed by atoms with Crippen LogP contribution in [0.3, 0.4) is 0 Å². The Labute approximate surface area is 123 Å². The molecule has 1 aliphatic heterocycles. The van der Waals surface area contributed by atoms with Gasteiger partial charge in [0.15, 0.2) is 0 Å². The fourth-order valence-corrected chi connectivity index (χ4v) is 3.69. The smallest absolute Gasteiger partial charge is 0.226 e. The maximum atomic E-state index is 12.7. The molecule has 1 saturated heterocycles. The van der Waals surface area contributed by atoms with E-state index in [0.29, 0.717) is 12.5 Å². The van der Waals surface area contributed by atoms with Gasteiger partial charge in [-0.3, -0.25) is 4.79 Å². The number of carbonyl (C=O) groups is 1. The zero-order valence-electron chi connectivity index (χ0n) is 12.9. The number of nitrogens with two attached hydrogens (primary N) is 1. The van der Waals surface area contributed by atoms with Crippen LogP contribution in [0.4, 0.5) is 0 Å². The summed E-state index contributed by atoms with van der Waals surface area (Å²) in [5, 5.41) is 3.33. The number of amides is 1. The monoisotopic (exact) mass is 281 g/mol. The van der Waals surface area contributed by atoms with Crippen molar-refractivity contribution in [1.82, 2.24) is 10.2 Å². The first-order chi connectivity index (χ1) is 9.76. The van der Waals surface area contributed by atoms with Gasteiger partial charge in [0.2, 0.25) is 5.91 Å².